The molecule has 1 saturated heterocycles. The molecule has 1 aliphatic heterocycles. The molecule has 3 rings (SSSR count). The number of hydrogen-bond acceptors (Lipinski definition) is 5. The van der Waals surface area contributed by atoms with E-state index >= 15 is 0 Å². The number of aryl methyl sites for hydroxylation is 1. The van der Waals surface area contributed by atoms with Crippen molar-refractivity contribution in [2.75, 3.05) is 45.0 Å². The molecule has 0 spiro atoms. The molecule has 10 heteroatoms. The van der Waals surface area contributed by atoms with Gasteiger partial charge >= 0.3 is 0 Å². The van der Waals surface area contributed by atoms with E-state index in [1.54, 1.807) is 0 Å². The van der Waals surface area contributed by atoms with Crippen LogP contribution in [0.5, 0.6) is 0 Å². The average molecular weight is 470 g/mol. The van der Waals surface area contributed by atoms with Crippen molar-refractivity contribution in [1.29, 1.82) is 0 Å². The molecule has 1 aliphatic rings. The van der Waals surface area contributed by atoms with Gasteiger partial charge < -0.3 is 5.32 Å². The summed E-state index contributed by atoms with van der Waals surface area (Å²) in [5, 5.41) is 3.10. The number of halogens is 1. The summed E-state index contributed by atoms with van der Waals surface area (Å²) in [6.07, 6.45) is 1.21. The highest BCUT2D eigenvalue weighted by Gasteiger charge is 2.29. The summed E-state index contributed by atoms with van der Waals surface area (Å²) in [6, 6.07) is 14.3. The van der Waals surface area contributed by atoms with Crippen LogP contribution in [0.4, 0.5) is 4.39 Å². The molecule has 0 atom stereocenters. The Balaban J connectivity index is 1.73. The third-order valence-electron chi connectivity index (χ3n) is 5.24. The van der Waals surface area contributed by atoms with Crippen LogP contribution in [-0.4, -0.2) is 70.5 Å². The first-order chi connectivity index (χ1) is 14.8. The smallest absolute Gasteiger partial charge is 0.243 e. The van der Waals surface area contributed by atoms with Crippen molar-refractivity contribution in [2.45, 2.75) is 17.7 Å². The van der Waals surface area contributed by atoms with Crippen molar-refractivity contribution < 1.29 is 21.2 Å². The lowest BCUT2D eigenvalue weighted by molar-refractivity contribution is 0.355. The van der Waals surface area contributed by atoms with E-state index in [0.717, 1.165) is 17.7 Å². The van der Waals surface area contributed by atoms with Crippen LogP contribution >= 0.6 is 0 Å². The van der Waals surface area contributed by atoms with Gasteiger partial charge in [0.1, 0.15) is 5.82 Å². The molecule has 0 aromatic heterocycles. The summed E-state index contributed by atoms with van der Waals surface area (Å²) < 4.78 is 67.6. The second-order valence-electron chi connectivity index (χ2n) is 7.41. The maximum atomic E-state index is 13.3. The van der Waals surface area contributed by atoms with Crippen molar-refractivity contribution >= 4 is 20.0 Å². The highest BCUT2D eigenvalue weighted by molar-refractivity contribution is 7.90. The summed E-state index contributed by atoms with van der Waals surface area (Å²) in [4.78, 5) is -0.0480. The zero-order chi connectivity index (χ0) is 22.3. The predicted molar refractivity (Wildman–Crippen MR) is 118 cm³/mol. The number of piperazine rings is 1. The molecule has 0 saturated carbocycles. The van der Waals surface area contributed by atoms with E-state index in [4.69, 9.17) is 0 Å². The van der Waals surface area contributed by atoms with Crippen molar-refractivity contribution in [2.24, 2.45) is 0 Å². The zero-order valence-corrected chi connectivity index (χ0v) is 18.9. The fraction of sp³-hybridized carbons (Fsp3) is 0.429. The Kier molecular flexibility index (Phi) is 8.17. The first kappa shape index (κ1) is 23.8. The molecule has 0 bridgehead atoms. The monoisotopic (exact) mass is 469 g/mol. The van der Waals surface area contributed by atoms with E-state index in [1.165, 1.54) is 20.7 Å². The minimum Gasteiger partial charge on any atom is -0.314 e. The molecule has 1 heterocycles. The van der Waals surface area contributed by atoms with Crippen LogP contribution in [0.1, 0.15) is 12.0 Å². The number of rotatable bonds is 10. The zero-order valence-electron chi connectivity index (χ0n) is 17.3. The Morgan fingerprint density at radius 3 is 2.19 bits per heavy atom. The van der Waals surface area contributed by atoms with Gasteiger partial charge in [0.05, 0.1) is 10.6 Å². The second-order valence-corrected chi connectivity index (χ2v) is 11.4. The number of hydrogen-bond donors (Lipinski definition) is 1. The number of benzene rings is 2. The number of nitrogens with zero attached hydrogens (tertiary/aromatic N) is 2. The molecule has 0 unspecified atom stereocenters. The van der Waals surface area contributed by atoms with E-state index in [2.05, 4.69) is 5.32 Å². The predicted octanol–water partition coefficient (Wildman–Crippen LogP) is 1.68. The lowest BCUT2D eigenvalue weighted by atomic mass is 10.1. The van der Waals surface area contributed by atoms with Crippen LogP contribution in [-0.2, 0) is 26.5 Å². The van der Waals surface area contributed by atoms with E-state index in [9.17, 15) is 21.2 Å². The van der Waals surface area contributed by atoms with Crippen molar-refractivity contribution in [3.05, 3.63) is 66.0 Å². The maximum Gasteiger partial charge on any atom is 0.243 e. The second kappa shape index (κ2) is 10.6. The number of sulfonamides is 2. The van der Waals surface area contributed by atoms with E-state index in [0.29, 0.717) is 39.0 Å². The summed E-state index contributed by atoms with van der Waals surface area (Å²) in [5.74, 6) is -0.825. The molecule has 2 aromatic carbocycles. The molecule has 0 radical (unpaired) electrons. The third kappa shape index (κ3) is 6.56. The van der Waals surface area contributed by atoms with Gasteiger partial charge in [-0.3, -0.25) is 0 Å². The molecule has 1 N–H and O–H groups in total. The van der Waals surface area contributed by atoms with E-state index < -0.39 is 25.9 Å². The summed E-state index contributed by atoms with van der Waals surface area (Å²) >= 11 is 0. The van der Waals surface area contributed by atoms with Gasteiger partial charge in [-0.1, -0.05) is 30.3 Å². The molecule has 7 nitrogen and oxygen atoms in total. The van der Waals surface area contributed by atoms with Crippen LogP contribution in [0, 0.1) is 5.82 Å². The summed E-state index contributed by atoms with van der Waals surface area (Å²) in [7, 11) is -7.53. The van der Waals surface area contributed by atoms with Crippen molar-refractivity contribution in [3.63, 3.8) is 0 Å². The Morgan fingerprint density at radius 1 is 0.903 bits per heavy atom. The van der Waals surface area contributed by atoms with Crippen LogP contribution in [0.3, 0.4) is 0 Å². The fourth-order valence-corrected chi connectivity index (χ4v) is 6.52. The average Bonchev–Trinajstić information content (AvgIpc) is 2.77. The van der Waals surface area contributed by atoms with Gasteiger partial charge in [0, 0.05) is 39.3 Å². The Morgan fingerprint density at radius 2 is 1.55 bits per heavy atom. The first-order valence-electron chi connectivity index (χ1n) is 10.3. The third-order valence-corrected chi connectivity index (χ3v) is 9.00. The van der Waals surface area contributed by atoms with Crippen molar-refractivity contribution in [3.8, 4) is 0 Å². The highest BCUT2D eigenvalue weighted by atomic mass is 32.2. The molecule has 0 aliphatic carbocycles. The normalized spacial score (nSPS) is 15.9. The van der Waals surface area contributed by atoms with Gasteiger partial charge in [-0.15, -0.1) is 0 Å². The van der Waals surface area contributed by atoms with Gasteiger partial charge in [-0.25, -0.2) is 21.2 Å². The SMILES string of the molecule is O=S(=O)(CCN(CCCc1ccccc1)S(=O)(=O)c1ccc(F)cc1)N1CCNCC1. The van der Waals surface area contributed by atoms with E-state index in [1.807, 2.05) is 30.3 Å². The summed E-state index contributed by atoms with van der Waals surface area (Å²) in [5.41, 5.74) is 1.08. The molecular weight excluding hydrogens is 441 g/mol. The van der Waals surface area contributed by atoms with Gasteiger partial charge in [0.25, 0.3) is 0 Å². The van der Waals surface area contributed by atoms with Gasteiger partial charge in [0.15, 0.2) is 0 Å². The van der Waals surface area contributed by atoms with Crippen LogP contribution < -0.4 is 5.32 Å². The molecule has 0 amide bonds. The topological polar surface area (TPSA) is 86.8 Å². The van der Waals surface area contributed by atoms with Gasteiger partial charge in [-0.05, 0) is 42.7 Å². The quantitative estimate of drug-likeness (QED) is 0.572. The minimum atomic E-state index is -3.95. The molecular formula is C21H28FN3O4S2. The molecule has 31 heavy (non-hydrogen) atoms. The fourth-order valence-electron chi connectivity index (χ4n) is 3.48. The lowest BCUT2D eigenvalue weighted by Crippen LogP contribution is -2.48. The minimum absolute atomic E-state index is 0.0480. The van der Waals surface area contributed by atoms with Crippen molar-refractivity contribution in [1.82, 2.24) is 13.9 Å². The molecule has 170 valence electrons. The highest BCUT2D eigenvalue weighted by Crippen LogP contribution is 2.18. The standard InChI is InChI=1S/C21H28FN3O4S2/c22-20-8-10-21(11-9-20)31(28,29)25(14-4-7-19-5-2-1-3-6-19)17-18-30(26,27)24-15-12-23-13-16-24/h1-3,5-6,8-11,23H,4,7,12-18H2. The largest absolute Gasteiger partial charge is 0.314 e. The van der Waals surface area contributed by atoms with Gasteiger partial charge in [-0.2, -0.15) is 8.61 Å². The maximum absolute atomic E-state index is 13.3. The Labute approximate surface area is 184 Å². The van der Waals surface area contributed by atoms with Crippen LogP contribution in [0.2, 0.25) is 0 Å². The van der Waals surface area contributed by atoms with Crippen LogP contribution in [0.15, 0.2) is 59.5 Å². The lowest BCUT2D eigenvalue weighted by Gasteiger charge is -2.28. The Bertz CT molecular complexity index is 1040. The first-order valence-corrected chi connectivity index (χ1v) is 13.3. The molecule has 2 aromatic rings. The van der Waals surface area contributed by atoms with Crippen LogP contribution in [0.25, 0.3) is 0 Å². The van der Waals surface area contributed by atoms with Gasteiger partial charge in [0.2, 0.25) is 20.0 Å². The molecule has 1 fully saturated rings. The Hall–Kier alpha value is -1.85. The van der Waals surface area contributed by atoms with E-state index in [-0.39, 0.29) is 23.7 Å². The number of nitrogens with one attached hydrogen (secondary N) is 1. The summed E-state index contributed by atoms with van der Waals surface area (Å²) in [6.45, 7) is 1.93.